The van der Waals surface area contributed by atoms with Gasteiger partial charge in [-0.15, -0.1) is 0 Å². The molecular weight excluding hydrogens is 456 g/mol. The summed E-state index contributed by atoms with van der Waals surface area (Å²) in [5, 5.41) is 0. The van der Waals surface area contributed by atoms with E-state index in [4.69, 9.17) is 5.73 Å². The van der Waals surface area contributed by atoms with E-state index < -0.39 is 5.91 Å². The molecule has 0 saturated heterocycles. The molecule has 154 valence electrons. The average Bonchev–Trinajstić information content (AvgIpc) is 2.77. The molecule has 2 amide bonds. The van der Waals surface area contributed by atoms with E-state index in [0.717, 1.165) is 26.7 Å². The highest BCUT2D eigenvalue weighted by Gasteiger charge is 2.32. The van der Waals surface area contributed by atoms with Gasteiger partial charge in [-0.25, -0.2) is 0 Å². The third-order valence-corrected chi connectivity index (χ3v) is 5.73. The van der Waals surface area contributed by atoms with Crippen LogP contribution in [0.3, 0.4) is 0 Å². The maximum atomic E-state index is 13.5. The number of hydrogen-bond acceptors (Lipinski definition) is 3. The van der Waals surface area contributed by atoms with E-state index in [0.29, 0.717) is 16.8 Å². The lowest BCUT2D eigenvalue weighted by atomic mass is 9.87. The van der Waals surface area contributed by atoms with Crippen molar-refractivity contribution >= 4 is 39.1 Å². The number of rotatable bonds is 4. The summed E-state index contributed by atoms with van der Waals surface area (Å²) < 4.78 is 0.893. The molecule has 3 aromatic rings. The molecule has 6 heteroatoms. The zero-order valence-corrected chi connectivity index (χ0v) is 18.3. The Balaban J connectivity index is 1.90. The molecule has 0 aliphatic carbocycles. The largest absolute Gasteiger partial charge is 0.366 e. The third kappa shape index (κ3) is 3.94. The normalized spacial score (nSPS) is 13.0. The summed E-state index contributed by atoms with van der Waals surface area (Å²) in [5.74, 6) is -1.08. The van der Waals surface area contributed by atoms with Gasteiger partial charge in [-0.05, 0) is 53.1 Å². The standard InChI is InChI=1S/C25H19BrN2O3/c1-15(29)23-22(16-5-3-2-4-6-16)21-13-20(26)12-11-19(21)14-28(23)25(31)18-9-7-17(8-10-18)24(27)30/h2-13H,14H2,1H3,(H2,27,30). The van der Waals surface area contributed by atoms with E-state index in [2.05, 4.69) is 15.9 Å². The van der Waals surface area contributed by atoms with E-state index in [1.165, 1.54) is 24.0 Å². The van der Waals surface area contributed by atoms with E-state index in [1.807, 2.05) is 48.5 Å². The highest BCUT2D eigenvalue weighted by atomic mass is 79.9. The first-order valence-corrected chi connectivity index (χ1v) is 10.5. The lowest BCUT2D eigenvalue weighted by Gasteiger charge is -2.33. The highest BCUT2D eigenvalue weighted by Crippen LogP contribution is 2.38. The predicted molar refractivity (Wildman–Crippen MR) is 122 cm³/mol. The Hall–Kier alpha value is -3.51. The summed E-state index contributed by atoms with van der Waals surface area (Å²) in [6.45, 7) is 1.74. The number of amides is 2. The molecule has 1 heterocycles. The molecule has 31 heavy (non-hydrogen) atoms. The number of hydrogen-bond donors (Lipinski definition) is 1. The molecule has 0 atom stereocenters. The van der Waals surface area contributed by atoms with Crippen molar-refractivity contribution in [2.75, 3.05) is 0 Å². The van der Waals surface area contributed by atoms with Gasteiger partial charge in [0.1, 0.15) is 0 Å². The number of nitrogens with zero attached hydrogens (tertiary/aromatic N) is 1. The maximum Gasteiger partial charge on any atom is 0.258 e. The highest BCUT2D eigenvalue weighted by molar-refractivity contribution is 9.10. The van der Waals surface area contributed by atoms with Crippen LogP contribution in [-0.4, -0.2) is 22.5 Å². The number of carbonyl (C=O) groups excluding carboxylic acids is 3. The molecule has 1 aliphatic heterocycles. The van der Waals surface area contributed by atoms with Crippen molar-refractivity contribution in [1.82, 2.24) is 4.90 Å². The molecule has 2 N–H and O–H groups in total. The third-order valence-electron chi connectivity index (χ3n) is 5.23. The van der Waals surface area contributed by atoms with Gasteiger partial charge in [0.25, 0.3) is 5.91 Å². The van der Waals surface area contributed by atoms with Gasteiger partial charge < -0.3 is 5.73 Å². The molecule has 3 aromatic carbocycles. The summed E-state index contributed by atoms with van der Waals surface area (Å²) >= 11 is 3.52. The van der Waals surface area contributed by atoms with Crippen molar-refractivity contribution in [1.29, 1.82) is 0 Å². The van der Waals surface area contributed by atoms with Crippen LogP contribution in [0, 0.1) is 0 Å². The zero-order valence-electron chi connectivity index (χ0n) is 16.8. The number of carbonyl (C=O) groups is 3. The number of primary amides is 1. The SMILES string of the molecule is CC(=O)C1=C(c2ccccc2)c2cc(Br)ccc2CN1C(=O)c1ccc(C(N)=O)cc1. The minimum absolute atomic E-state index is 0.202. The smallest absolute Gasteiger partial charge is 0.258 e. The van der Waals surface area contributed by atoms with Gasteiger partial charge in [0.05, 0.1) is 12.2 Å². The molecular formula is C25H19BrN2O3. The van der Waals surface area contributed by atoms with Gasteiger partial charge in [-0.1, -0.05) is 52.3 Å². The van der Waals surface area contributed by atoms with Crippen LogP contribution in [0.1, 0.15) is 44.3 Å². The van der Waals surface area contributed by atoms with E-state index in [-0.39, 0.29) is 18.2 Å². The van der Waals surface area contributed by atoms with Gasteiger partial charge in [0, 0.05) is 28.1 Å². The number of allylic oxidation sites excluding steroid dienone is 1. The van der Waals surface area contributed by atoms with E-state index in [1.54, 1.807) is 12.1 Å². The van der Waals surface area contributed by atoms with Crippen LogP contribution in [-0.2, 0) is 11.3 Å². The second-order valence-electron chi connectivity index (χ2n) is 7.28. The Kier molecular flexibility index (Phi) is 5.57. The summed E-state index contributed by atoms with van der Waals surface area (Å²) in [7, 11) is 0. The van der Waals surface area contributed by atoms with Crippen LogP contribution in [0.4, 0.5) is 0 Å². The van der Waals surface area contributed by atoms with Crippen LogP contribution in [0.25, 0.3) is 5.57 Å². The second-order valence-corrected chi connectivity index (χ2v) is 8.20. The van der Waals surface area contributed by atoms with E-state index >= 15 is 0 Å². The first-order valence-electron chi connectivity index (χ1n) is 9.68. The molecule has 4 rings (SSSR count). The molecule has 0 aromatic heterocycles. The van der Waals surface area contributed by atoms with Crippen LogP contribution in [0.15, 0.2) is 83.0 Å². The van der Waals surface area contributed by atoms with Gasteiger partial charge in [-0.3, -0.25) is 19.3 Å². The van der Waals surface area contributed by atoms with Crippen molar-refractivity contribution in [3.63, 3.8) is 0 Å². The van der Waals surface area contributed by atoms with Crippen LogP contribution >= 0.6 is 15.9 Å². The fourth-order valence-electron chi connectivity index (χ4n) is 3.80. The number of halogens is 1. The fourth-order valence-corrected chi connectivity index (χ4v) is 4.16. The topological polar surface area (TPSA) is 80.5 Å². The number of ketones is 1. The average molecular weight is 475 g/mol. The minimum atomic E-state index is -0.563. The Morgan fingerprint density at radius 1 is 0.903 bits per heavy atom. The van der Waals surface area contributed by atoms with Crippen LogP contribution in [0.2, 0.25) is 0 Å². The molecule has 0 radical (unpaired) electrons. The molecule has 5 nitrogen and oxygen atoms in total. The minimum Gasteiger partial charge on any atom is -0.366 e. The van der Waals surface area contributed by atoms with Crippen molar-refractivity contribution in [2.45, 2.75) is 13.5 Å². The Labute approximate surface area is 188 Å². The number of Topliss-reactive ketones (excluding diaryl/α,β-unsaturated/α-hetero) is 1. The summed E-state index contributed by atoms with van der Waals surface area (Å²) in [6.07, 6.45) is 0. The molecule has 0 unspecified atom stereocenters. The van der Waals surface area contributed by atoms with Crippen molar-refractivity contribution < 1.29 is 14.4 Å². The Morgan fingerprint density at radius 2 is 1.55 bits per heavy atom. The number of benzene rings is 3. The Morgan fingerprint density at radius 3 is 2.16 bits per heavy atom. The van der Waals surface area contributed by atoms with Crippen LogP contribution in [0.5, 0.6) is 0 Å². The first kappa shape index (κ1) is 20.8. The first-order chi connectivity index (χ1) is 14.9. The maximum absolute atomic E-state index is 13.5. The van der Waals surface area contributed by atoms with Gasteiger partial charge in [0.15, 0.2) is 5.78 Å². The zero-order chi connectivity index (χ0) is 22.1. The van der Waals surface area contributed by atoms with Crippen molar-refractivity contribution in [3.05, 3.63) is 111 Å². The molecule has 0 bridgehead atoms. The number of fused-ring (bicyclic) bond motifs is 1. The molecule has 0 saturated carbocycles. The monoisotopic (exact) mass is 474 g/mol. The second kappa shape index (κ2) is 8.32. The molecule has 1 aliphatic rings. The molecule has 0 fully saturated rings. The quantitative estimate of drug-likeness (QED) is 0.601. The van der Waals surface area contributed by atoms with Gasteiger partial charge in [0.2, 0.25) is 5.91 Å². The molecule has 0 spiro atoms. The number of nitrogens with two attached hydrogens (primary N) is 1. The van der Waals surface area contributed by atoms with Gasteiger partial charge in [-0.2, -0.15) is 0 Å². The summed E-state index contributed by atoms with van der Waals surface area (Å²) in [4.78, 5) is 39.2. The van der Waals surface area contributed by atoms with Crippen LogP contribution < -0.4 is 5.73 Å². The fraction of sp³-hybridized carbons (Fsp3) is 0.0800. The summed E-state index contributed by atoms with van der Waals surface area (Å²) in [5.41, 5.74) is 9.77. The lowest BCUT2D eigenvalue weighted by Crippen LogP contribution is -2.36. The lowest BCUT2D eigenvalue weighted by molar-refractivity contribution is -0.114. The predicted octanol–water partition coefficient (Wildman–Crippen LogP) is 4.55. The summed E-state index contributed by atoms with van der Waals surface area (Å²) in [6, 6.07) is 21.6. The van der Waals surface area contributed by atoms with E-state index in [9.17, 15) is 14.4 Å². The Bertz CT molecular complexity index is 1230. The van der Waals surface area contributed by atoms with Gasteiger partial charge >= 0.3 is 0 Å². The van der Waals surface area contributed by atoms with Crippen molar-refractivity contribution in [3.8, 4) is 0 Å². The van der Waals surface area contributed by atoms with Crippen molar-refractivity contribution in [2.24, 2.45) is 5.73 Å².